The summed E-state index contributed by atoms with van der Waals surface area (Å²) in [6.45, 7) is 2.14. The van der Waals surface area contributed by atoms with E-state index >= 15 is 0 Å². The van der Waals surface area contributed by atoms with Crippen LogP contribution in [0, 0.1) is 10.4 Å². The maximum Gasteiger partial charge on any atom is 0.279 e. The van der Waals surface area contributed by atoms with E-state index in [1.54, 1.807) is 0 Å². The first kappa shape index (κ1) is 10.9. The van der Waals surface area contributed by atoms with Crippen LogP contribution in [0.3, 0.4) is 0 Å². The summed E-state index contributed by atoms with van der Waals surface area (Å²) in [4.78, 5) is 30.4. The minimum atomic E-state index is -0.310. The third-order valence-corrected chi connectivity index (χ3v) is 2.82. The van der Waals surface area contributed by atoms with Gasteiger partial charge < -0.3 is 0 Å². The number of rotatable bonds is 5. The number of hydrogen-bond donors (Lipinski definition) is 0. The molecule has 0 aliphatic carbocycles. The summed E-state index contributed by atoms with van der Waals surface area (Å²) < 4.78 is 0. The van der Waals surface area contributed by atoms with E-state index in [2.05, 4.69) is 16.9 Å². The highest BCUT2D eigenvalue weighted by Gasteiger charge is 2.10. The van der Waals surface area contributed by atoms with Gasteiger partial charge in [-0.15, -0.1) is 0 Å². The van der Waals surface area contributed by atoms with Gasteiger partial charge in [0.15, 0.2) is 0 Å². The van der Waals surface area contributed by atoms with Crippen molar-refractivity contribution in [1.82, 2.24) is 9.97 Å². The predicted molar refractivity (Wildman–Crippen MR) is 60.1 cm³/mol. The molecule has 0 atom stereocenters. The third kappa shape index (κ3) is 1.87. The molecule has 2 aliphatic rings. The van der Waals surface area contributed by atoms with Gasteiger partial charge in [0, 0.05) is 6.20 Å². The van der Waals surface area contributed by atoms with Gasteiger partial charge in [-0.3, -0.25) is 9.59 Å². The van der Waals surface area contributed by atoms with Crippen LogP contribution in [0.2, 0.25) is 0 Å². The summed E-state index contributed by atoms with van der Waals surface area (Å²) in [7, 11) is 0. The number of hydrogen-bond acceptors (Lipinski definition) is 4. The van der Waals surface area contributed by atoms with Gasteiger partial charge >= 0.3 is 0 Å². The van der Waals surface area contributed by atoms with Crippen molar-refractivity contribution in [2.24, 2.45) is 0 Å². The Balaban J connectivity index is 2.23. The molecule has 0 unspecified atom stereocenters. The molecule has 0 aromatic carbocycles. The van der Waals surface area contributed by atoms with E-state index in [0.717, 1.165) is 12.8 Å². The second-order valence-corrected chi connectivity index (χ2v) is 4.03. The van der Waals surface area contributed by atoms with Crippen LogP contribution in [0.4, 0.5) is 0 Å². The topological polar surface area (TPSA) is 59.9 Å². The van der Waals surface area contributed by atoms with Crippen molar-refractivity contribution in [2.75, 3.05) is 0 Å². The Hall–Kier alpha value is -1.58. The smallest absolute Gasteiger partial charge is 0.267 e. The van der Waals surface area contributed by atoms with Crippen LogP contribution in [-0.4, -0.2) is 9.97 Å². The largest absolute Gasteiger partial charge is 0.279 e. The maximum absolute atomic E-state index is 11.4. The van der Waals surface area contributed by atoms with Crippen LogP contribution in [0.15, 0.2) is 15.8 Å². The molecule has 84 valence electrons. The molecule has 0 aromatic heterocycles. The van der Waals surface area contributed by atoms with E-state index in [1.165, 1.54) is 19.0 Å². The lowest BCUT2D eigenvalue weighted by molar-refractivity contribution is 0.660. The molecule has 0 radical (unpaired) electrons. The fraction of sp³-hybridized carbons (Fsp3) is 0.500. The minimum absolute atomic E-state index is 0.310. The maximum atomic E-state index is 11.4. The van der Waals surface area contributed by atoms with Gasteiger partial charge in [0.05, 0.1) is 16.1 Å². The van der Waals surface area contributed by atoms with Crippen molar-refractivity contribution in [3.8, 4) is 0 Å². The number of aryl methyl sites for hydroxylation is 1. The first-order chi connectivity index (χ1) is 7.74. The summed E-state index contributed by atoms with van der Waals surface area (Å²) in [5.41, 5.74) is 0.0174. The Morgan fingerprint density at radius 2 is 1.94 bits per heavy atom. The summed E-state index contributed by atoms with van der Waals surface area (Å²) in [5.74, 6) is 0. The molecule has 0 fully saturated rings. The molecule has 0 saturated heterocycles. The third-order valence-electron chi connectivity index (χ3n) is 2.82. The fourth-order valence-corrected chi connectivity index (χ4v) is 1.95. The second kappa shape index (κ2) is 4.51. The highest BCUT2D eigenvalue weighted by molar-refractivity contribution is 5.16. The monoisotopic (exact) mass is 218 g/mol. The zero-order valence-corrected chi connectivity index (χ0v) is 9.32. The lowest BCUT2D eigenvalue weighted by Crippen LogP contribution is -2.04. The molecule has 16 heavy (non-hydrogen) atoms. The van der Waals surface area contributed by atoms with Crippen LogP contribution in [-0.2, 0) is 6.42 Å². The van der Waals surface area contributed by atoms with E-state index in [4.69, 9.17) is 0 Å². The van der Waals surface area contributed by atoms with Gasteiger partial charge in [-0.2, -0.15) is 0 Å². The summed E-state index contributed by atoms with van der Waals surface area (Å²) >= 11 is 0. The molecule has 2 aliphatic heterocycles. The normalized spacial score (nSPS) is 11.3. The van der Waals surface area contributed by atoms with Crippen molar-refractivity contribution >= 4 is 0 Å². The first-order valence-electron chi connectivity index (χ1n) is 5.69. The number of unbranched alkanes of at least 4 members (excludes halogenated alkanes) is 3. The second-order valence-electron chi connectivity index (χ2n) is 4.03. The van der Waals surface area contributed by atoms with Gasteiger partial charge in [-0.05, 0) is 12.8 Å². The predicted octanol–water partition coefficient (Wildman–Crippen LogP) is 0.920. The van der Waals surface area contributed by atoms with Gasteiger partial charge in [0.1, 0.15) is 0 Å². The minimum Gasteiger partial charge on any atom is -0.267 e. The van der Waals surface area contributed by atoms with E-state index < -0.39 is 0 Å². The number of aromatic nitrogens is 2. The van der Waals surface area contributed by atoms with E-state index in [9.17, 15) is 9.59 Å². The molecule has 4 nitrogen and oxygen atoms in total. The average molecular weight is 218 g/mol. The molecule has 0 amide bonds. The Morgan fingerprint density at radius 3 is 2.69 bits per heavy atom. The van der Waals surface area contributed by atoms with Crippen molar-refractivity contribution in [3.63, 3.8) is 0 Å². The Kier molecular flexibility index (Phi) is 3.08. The van der Waals surface area contributed by atoms with Gasteiger partial charge in [0.25, 0.3) is 11.1 Å². The fourth-order valence-electron chi connectivity index (χ4n) is 1.95. The van der Waals surface area contributed by atoms with E-state index in [1.807, 2.05) is 0 Å². The van der Waals surface area contributed by atoms with Crippen molar-refractivity contribution in [2.45, 2.75) is 39.0 Å². The molecule has 2 heterocycles. The van der Waals surface area contributed by atoms with Crippen molar-refractivity contribution in [3.05, 3.63) is 43.0 Å². The van der Waals surface area contributed by atoms with Crippen LogP contribution in [0.1, 0.15) is 38.3 Å². The van der Waals surface area contributed by atoms with E-state index in [-0.39, 0.29) is 11.1 Å². The van der Waals surface area contributed by atoms with Crippen LogP contribution in [0.25, 0.3) is 0 Å². The highest BCUT2D eigenvalue weighted by Crippen LogP contribution is 2.06. The molecule has 2 rings (SSSR count). The molecular weight excluding hydrogens is 204 g/mol. The molecule has 0 N–H and O–H groups in total. The molecule has 0 bridgehead atoms. The molecule has 0 spiro atoms. The quantitative estimate of drug-likeness (QED) is 0.700. The summed E-state index contributed by atoms with van der Waals surface area (Å²) in [6.07, 6.45) is 6.48. The van der Waals surface area contributed by atoms with Gasteiger partial charge in [-0.1, -0.05) is 26.2 Å². The highest BCUT2D eigenvalue weighted by atomic mass is 16.1. The molecule has 0 aromatic rings. The standard InChI is InChI=1S/C12H14N2O2/c1-2-3-4-5-6-9-10-8(11(15)14-9)7-13-12(10)16/h7H,2-6H2,1H3. The van der Waals surface area contributed by atoms with Crippen molar-refractivity contribution < 1.29 is 0 Å². The average Bonchev–Trinajstić information content (AvgIpc) is 2.78. The molecule has 0 saturated carbocycles. The lowest BCUT2D eigenvalue weighted by Gasteiger charge is -1.96. The van der Waals surface area contributed by atoms with Gasteiger partial charge in [-0.25, -0.2) is 9.97 Å². The Bertz CT molecular complexity index is 609. The summed E-state index contributed by atoms with van der Waals surface area (Å²) in [5, 5.41) is 0.831. The van der Waals surface area contributed by atoms with E-state index in [0.29, 0.717) is 22.6 Å². The molecular formula is C12H14N2O2. The van der Waals surface area contributed by atoms with Crippen LogP contribution in [0.5, 0.6) is 0 Å². The zero-order valence-electron chi connectivity index (χ0n) is 9.32. The van der Waals surface area contributed by atoms with Crippen LogP contribution >= 0.6 is 0 Å². The van der Waals surface area contributed by atoms with Crippen molar-refractivity contribution in [1.29, 1.82) is 0 Å². The lowest BCUT2D eigenvalue weighted by atomic mass is 10.1. The Labute approximate surface area is 92.7 Å². The zero-order chi connectivity index (χ0) is 11.5. The number of nitrogens with zero attached hydrogens (tertiary/aromatic N) is 2. The summed E-state index contributed by atoms with van der Waals surface area (Å²) in [6, 6.07) is 0. The van der Waals surface area contributed by atoms with Crippen LogP contribution < -0.4 is 11.1 Å². The van der Waals surface area contributed by atoms with Gasteiger partial charge in [0.2, 0.25) is 0 Å². The SMILES string of the molecule is CCCCCCc1nc(=O)c2cnc(=O)c1=2. The molecule has 4 heteroatoms. The first-order valence-corrected chi connectivity index (χ1v) is 5.69. The Morgan fingerprint density at radius 1 is 1.12 bits per heavy atom.